The molecule has 38 heavy (non-hydrogen) atoms. The molecular formula is C27H51ClN10. The molecule has 11 heteroatoms. The second kappa shape index (κ2) is 14.6. The third-order valence-corrected chi connectivity index (χ3v) is 6.85. The summed E-state index contributed by atoms with van der Waals surface area (Å²) in [5, 5.41) is 8.45. The van der Waals surface area contributed by atoms with Crippen LogP contribution < -0.4 is 39.7 Å². The Morgan fingerprint density at radius 3 is 1.55 bits per heavy atom. The van der Waals surface area contributed by atoms with E-state index in [0.29, 0.717) is 5.95 Å². The number of fused-ring (bicyclic) bond motifs is 2. The molecule has 6 rings (SSSR count). The lowest BCUT2D eigenvalue weighted by Crippen LogP contribution is -2.34. The SMILES string of the molecule is Cl.N.N.N.N.[HH].[HH].[HH].[HH].c1ccc2cc3cc(Nc4nc(N5CCCCC5)nc(N5CCCCC5)n4)ccc3cc2c1. The Morgan fingerprint density at radius 2 is 1.03 bits per heavy atom. The standard InChI is InChI=1S/C27H30N6.ClH.4H3N.4H2/c1-5-13-32(14-6-1)26-29-25(30-27(31-26)33-15-7-2-8-16-33)28-24-12-11-22-17-20-9-3-4-10-21(20)18-23(22)19-24;;;;;;;;;/h3-4,9-12,17-19H,1-2,5-8,13-16H2,(H,28,29,30,31);1H;4*1H3;4*1H. The first-order chi connectivity index (χ1) is 16.3. The van der Waals surface area contributed by atoms with Gasteiger partial charge in [-0.1, -0.05) is 30.3 Å². The minimum Gasteiger partial charge on any atom is -0.344 e. The fourth-order valence-electron chi connectivity index (χ4n) is 5.03. The van der Waals surface area contributed by atoms with E-state index >= 15 is 0 Å². The van der Waals surface area contributed by atoms with Gasteiger partial charge in [-0.25, -0.2) is 0 Å². The Hall–Kier alpha value is -3.28. The van der Waals surface area contributed by atoms with Gasteiger partial charge in [0.05, 0.1) is 0 Å². The van der Waals surface area contributed by atoms with Gasteiger partial charge in [-0.2, -0.15) is 15.0 Å². The molecule has 0 bridgehead atoms. The van der Waals surface area contributed by atoms with Gasteiger partial charge in [0, 0.05) is 37.6 Å². The van der Waals surface area contributed by atoms with E-state index in [4.69, 9.17) is 15.0 Å². The number of aromatic nitrogens is 3. The van der Waals surface area contributed by atoms with Crippen molar-refractivity contribution in [2.24, 2.45) is 0 Å². The fraction of sp³-hybridized carbons (Fsp3) is 0.370. The van der Waals surface area contributed by atoms with Crippen molar-refractivity contribution >= 4 is 57.5 Å². The molecule has 0 radical (unpaired) electrons. The van der Waals surface area contributed by atoms with E-state index in [2.05, 4.69) is 69.7 Å². The van der Waals surface area contributed by atoms with Crippen molar-refractivity contribution in [3.8, 4) is 0 Å². The lowest BCUT2D eigenvalue weighted by atomic mass is 10.0. The fourth-order valence-corrected chi connectivity index (χ4v) is 5.03. The summed E-state index contributed by atoms with van der Waals surface area (Å²) >= 11 is 0. The average Bonchev–Trinajstić information content (AvgIpc) is 2.88. The summed E-state index contributed by atoms with van der Waals surface area (Å²) in [6.45, 7) is 4.08. The van der Waals surface area contributed by atoms with Crippen LogP contribution in [0, 0.1) is 0 Å². The maximum Gasteiger partial charge on any atom is 0.233 e. The van der Waals surface area contributed by atoms with E-state index < -0.39 is 0 Å². The Bertz CT molecular complexity index is 1270. The molecule has 2 fully saturated rings. The average molecular weight is 551 g/mol. The van der Waals surface area contributed by atoms with Crippen LogP contribution in [0.2, 0.25) is 0 Å². The van der Waals surface area contributed by atoms with Gasteiger partial charge in [-0.3, -0.25) is 0 Å². The molecule has 0 amide bonds. The highest BCUT2D eigenvalue weighted by atomic mass is 35.5. The van der Waals surface area contributed by atoms with E-state index in [1.54, 1.807) is 0 Å². The lowest BCUT2D eigenvalue weighted by molar-refractivity contribution is 0.556. The summed E-state index contributed by atoms with van der Waals surface area (Å²) in [6, 6.07) is 19.5. The smallest absolute Gasteiger partial charge is 0.233 e. The van der Waals surface area contributed by atoms with Crippen molar-refractivity contribution < 1.29 is 5.71 Å². The monoisotopic (exact) mass is 550 g/mol. The molecule has 3 heterocycles. The first-order valence-corrected chi connectivity index (χ1v) is 12.3. The lowest BCUT2D eigenvalue weighted by Gasteiger charge is -2.30. The summed E-state index contributed by atoms with van der Waals surface area (Å²) in [5.41, 5.74) is 0.998. The third-order valence-electron chi connectivity index (χ3n) is 6.85. The van der Waals surface area contributed by atoms with Gasteiger partial charge in [0.2, 0.25) is 17.8 Å². The number of hydrogen-bond acceptors (Lipinski definition) is 10. The van der Waals surface area contributed by atoms with E-state index in [9.17, 15) is 0 Å². The molecule has 0 atom stereocenters. The van der Waals surface area contributed by atoms with Crippen LogP contribution >= 0.6 is 12.4 Å². The first-order valence-electron chi connectivity index (χ1n) is 12.3. The van der Waals surface area contributed by atoms with Crippen LogP contribution in [0.15, 0.2) is 54.6 Å². The van der Waals surface area contributed by atoms with Crippen molar-refractivity contribution in [3.05, 3.63) is 54.6 Å². The number of piperidine rings is 2. The number of nitrogens with one attached hydrogen (secondary N) is 1. The number of hydrogen-bond donors (Lipinski definition) is 5. The van der Waals surface area contributed by atoms with Crippen molar-refractivity contribution in [2.75, 3.05) is 41.3 Å². The number of halogens is 1. The summed E-state index contributed by atoms with van der Waals surface area (Å²) in [6.07, 6.45) is 7.38. The molecule has 0 aliphatic carbocycles. The van der Waals surface area contributed by atoms with Gasteiger partial charge in [-0.05, 0) is 84.3 Å². The largest absolute Gasteiger partial charge is 0.344 e. The van der Waals surface area contributed by atoms with E-state index in [0.717, 1.165) is 43.8 Å². The Morgan fingerprint density at radius 1 is 0.553 bits per heavy atom. The molecule has 13 N–H and O–H groups in total. The van der Waals surface area contributed by atoms with Crippen LogP contribution in [0.4, 0.5) is 23.5 Å². The predicted octanol–water partition coefficient (Wildman–Crippen LogP) is 7.96. The molecule has 2 saturated heterocycles. The molecule has 4 aromatic rings. The van der Waals surface area contributed by atoms with Crippen LogP contribution in [0.25, 0.3) is 21.5 Å². The molecule has 1 aromatic heterocycles. The maximum atomic E-state index is 4.90. The number of benzene rings is 3. The summed E-state index contributed by atoms with van der Waals surface area (Å²) in [7, 11) is 0. The highest BCUT2D eigenvalue weighted by Gasteiger charge is 2.20. The van der Waals surface area contributed by atoms with Crippen molar-refractivity contribution in [1.82, 2.24) is 39.6 Å². The van der Waals surface area contributed by atoms with Gasteiger partial charge in [0.25, 0.3) is 0 Å². The topological polar surface area (TPSA) is 197 Å². The number of nitrogens with zero attached hydrogens (tertiary/aromatic N) is 5. The van der Waals surface area contributed by atoms with Crippen LogP contribution in [0.1, 0.15) is 44.2 Å². The van der Waals surface area contributed by atoms with Crippen molar-refractivity contribution in [2.45, 2.75) is 38.5 Å². The Labute approximate surface area is 237 Å². The van der Waals surface area contributed by atoms with E-state index in [1.807, 2.05) is 0 Å². The zero-order valence-electron chi connectivity index (χ0n) is 22.2. The first kappa shape index (κ1) is 32.7. The highest BCUT2D eigenvalue weighted by molar-refractivity contribution is 5.99. The second-order valence-electron chi connectivity index (χ2n) is 9.24. The zero-order valence-corrected chi connectivity index (χ0v) is 23.1. The molecule has 2 aliphatic heterocycles. The summed E-state index contributed by atoms with van der Waals surface area (Å²) in [5.74, 6) is 2.24. The van der Waals surface area contributed by atoms with Crippen LogP contribution in [0.5, 0.6) is 0 Å². The molecule has 3 aromatic carbocycles. The minimum atomic E-state index is 0. The zero-order chi connectivity index (χ0) is 22.0. The highest BCUT2D eigenvalue weighted by Crippen LogP contribution is 2.28. The molecule has 0 spiro atoms. The molecule has 2 aliphatic rings. The van der Waals surface area contributed by atoms with E-state index in [-0.39, 0.29) is 42.7 Å². The second-order valence-corrected chi connectivity index (χ2v) is 9.24. The van der Waals surface area contributed by atoms with Crippen LogP contribution in [-0.4, -0.2) is 41.1 Å². The molecular weight excluding hydrogens is 500 g/mol. The Balaban J connectivity index is -0.000000802. The van der Waals surface area contributed by atoms with Gasteiger partial charge < -0.3 is 39.7 Å². The van der Waals surface area contributed by atoms with Crippen molar-refractivity contribution in [1.29, 1.82) is 0 Å². The van der Waals surface area contributed by atoms with Crippen molar-refractivity contribution in [3.63, 3.8) is 0 Å². The van der Waals surface area contributed by atoms with Crippen LogP contribution in [-0.2, 0) is 0 Å². The number of anilines is 4. The van der Waals surface area contributed by atoms with Gasteiger partial charge in [0.15, 0.2) is 0 Å². The minimum absolute atomic E-state index is 0. The molecule has 0 unspecified atom stereocenters. The predicted molar refractivity (Wildman–Crippen MR) is 172 cm³/mol. The summed E-state index contributed by atoms with van der Waals surface area (Å²) < 4.78 is 0. The molecule has 0 saturated carbocycles. The Kier molecular flexibility index (Phi) is 12.6. The normalized spacial score (nSPS) is 14.7. The van der Waals surface area contributed by atoms with E-state index in [1.165, 1.54) is 60.1 Å². The van der Waals surface area contributed by atoms with Gasteiger partial charge >= 0.3 is 0 Å². The third kappa shape index (κ3) is 6.97. The quantitative estimate of drug-likeness (QED) is 0.155. The molecule has 216 valence electrons. The van der Waals surface area contributed by atoms with Gasteiger partial charge in [-0.15, -0.1) is 12.4 Å². The number of rotatable bonds is 4. The maximum absolute atomic E-state index is 4.90. The van der Waals surface area contributed by atoms with Crippen LogP contribution in [0.3, 0.4) is 0 Å². The summed E-state index contributed by atoms with van der Waals surface area (Å²) in [4.78, 5) is 19.2. The molecule has 10 nitrogen and oxygen atoms in total. The van der Waals surface area contributed by atoms with Gasteiger partial charge in [0.1, 0.15) is 0 Å².